The number of ether oxygens (including phenoxy) is 1. The summed E-state index contributed by atoms with van der Waals surface area (Å²) < 4.78 is 5.84. The molecular weight excluding hydrogens is 278 g/mol. The molecule has 21 heavy (non-hydrogen) atoms. The minimum absolute atomic E-state index is 0.468. The van der Waals surface area contributed by atoms with Gasteiger partial charge in [-0.2, -0.15) is 11.8 Å². The van der Waals surface area contributed by atoms with E-state index in [0.29, 0.717) is 12.1 Å². The van der Waals surface area contributed by atoms with E-state index in [4.69, 9.17) is 4.74 Å². The topological polar surface area (TPSA) is 21.3 Å². The van der Waals surface area contributed by atoms with Crippen LogP contribution in [0.25, 0.3) is 0 Å². The number of rotatable bonds is 8. The van der Waals surface area contributed by atoms with Crippen molar-refractivity contribution in [1.29, 1.82) is 0 Å². The van der Waals surface area contributed by atoms with Crippen LogP contribution in [-0.2, 0) is 0 Å². The van der Waals surface area contributed by atoms with Crippen molar-refractivity contribution in [3.8, 4) is 5.75 Å². The second kappa shape index (κ2) is 7.55. The van der Waals surface area contributed by atoms with Crippen molar-refractivity contribution >= 4 is 11.8 Å². The highest BCUT2D eigenvalue weighted by atomic mass is 32.2. The van der Waals surface area contributed by atoms with Gasteiger partial charge in [0.15, 0.2) is 0 Å². The summed E-state index contributed by atoms with van der Waals surface area (Å²) in [5.74, 6) is 2.21. The van der Waals surface area contributed by atoms with Gasteiger partial charge in [-0.15, -0.1) is 0 Å². The summed E-state index contributed by atoms with van der Waals surface area (Å²) in [5, 5.41) is 4.53. The van der Waals surface area contributed by atoms with Gasteiger partial charge in [0.05, 0.1) is 6.10 Å². The molecule has 1 aromatic carbocycles. The molecule has 0 amide bonds. The molecule has 2 saturated carbocycles. The number of benzene rings is 1. The molecule has 2 aliphatic carbocycles. The maximum absolute atomic E-state index is 5.84. The summed E-state index contributed by atoms with van der Waals surface area (Å²) in [5.41, 5.74) is 1.39. The van der Waals surface area contributed by atoms with Gasteiger partial charge >= 0.3 is 0 Å². The first-order chi connectivity index (χ1) is 10.3. The molecule has 3 rings (SSSR count). The molecule has 0 aromatic heterocycles. The van der Waals surface area contributed by atoms with Crippen molar-refractivity contribution in [2.45, 2.75) is 62.8 Å². The minimum atomic E-state index is 0.468. The lowest BCUT2D eigenvalue weighted by Crippen LogP contribution is -2.23. The van der Waals surface area contributed by atoms with Gasteiger partial charge in [0.1, 0.15) is 5.75 Å². The van der Waals surface area contributed by atoms with Crippen LogP contribution in [0.1, 0.15) is 57.1 Å². The zero-order valence-electron chi connectivity index (χ0n) is 13.0. The molecular formula is C18H27NOS. The van der Waals surface area contributed by atoms with E-state index in [1.54, 1.807) is 0 Å². The van der Waals surface area contributed by atoms with E-state index in [9.17, 15) is 0 Å². The molecule has 0 radical (unpaired) electrons. The lowest BCUT2D eigenvalue weighted by atomic mass is 10.1. The third-order valence-corrected chi connectivity index (χ3v) is 5.83. The summed E-state index contributed by atoms with van der Waals surface area (Å²) in [7, 11) is 0. The molecule has 2 nitrogen and oxygen atoms in total. The maximum atomic E-state index is 5.84. The minimum Gasteiger partial charge on any atom is -0.490 e. The van der Waals surface area contributed by atoms with Gasteiger partial charge in [0, 0.05) is 17.0 Å². The van der Waals surface area contributed by atoms with E-state index in [0.717, 1.165) is 17.5 Å². The fraction of sp³-hybridized carbons (Fsp3) is 0.667. The smallest absolute Gasteiger partial charge is 0.119 e. The summed E-state index contributed by atoms with van der Waals surface area (Å²) in [6, 6.07) is 9.22. The standard InChI is InChI=1S/C18H27NOS/c1-2-19-18(13-21-17-5-3-4-6-17)14-7-9-15(10-8-14)20-16-11-12-16/h7-10,16-19H,2-6,11-13H2,1H3. The molecule has 1 aromatic rings. The van der Waals surface area contributed by atoms with Crippen molar-refractivity contribution in [2.75, 3.05) is 12.3 Å². The van der Waals surface area contributed by atoms with Crippen LogP contribution in [0.4, 0.5) is 0 Å². The monoisotopic (exact) mass is 305 g/mol. The predicted octanol–water partition coefficient (Wildman–Crippen LogP) is 4.55. The first-order valence-electron chi connectivity index (χ1n) is 8.46. The zero-order valence-corrected chi connectivity index (χ0v) is 13.8. The highest BCUT2D eigenvalue weighted by Crippen LogP contribution is 2.33. The van der Waals surface area contributed by atoms with Gasteiger partial charge in [0.2, 0.25) is 0 Å². The lowest BCUT2D eigenvalue weighted by molar-refractivity contribution is 0.303. The van der Waals surface area contributed by atoms with Gasteiger partial charge in [-0.25, -0.2) is 0 Å². The van der Waals surface area contributed by atoms with E-state index < -0.39 is 0 Å². The molecule has 1 N–H and O–H groups in total. The molecule has 1 atom stereocenters. The van der Waals surface area contributed by atoms with Crippen molar-refractivity contribution in [3.05, 3.63) is 29.8 Å². The molecule has 116 valence electrons. The van der Waals surface area contributed by atoms with Gasteiger partial charge in [-0.1, -0.05) is 31.9 Å². The number of nitrogens with one attached hydrogen (secondary N) is 1. The molecule has 0 aliphatic heterocycles. The quantitative estimate of drug-likeness (QED) is 0.761. The third kappa shape index (κ3) is 4.65. The van der Waals surface area contributed by atoms with Crippen molar-refractivity contribution < 1.29 is 4.74 Å². The molecule has 0 spiro atoms. The number of hydrogen-bond donors (Lipinski definition) is 1. The van der Waals surface area contributed by atoms with Crippen molar-refractivity contribution in [2.24, 2.45) is 0 Å². The van der Waals surface area contributed by atoms with Crippen molar-refractivity contribution in [3.63, 3.8) is 0 Å². The molecule has 1 unspecified atom stereocenters. The Hall–Kier alpha value is -0.670. The second-order valence-electron chi connectivity index (χ2n) is 6.24. The van der Waals surface area contributed by atoms with Gasteiger partial charge in [-0.05, 0) is 49.9 Å². The maximum Gasteiger partial charge on any atom is 0.119 e. The Morgan fingerprint density at radius 2 is 1.86 bits per heavy atom. The summed E-state index contributed by atoms with van der Waals surface area (Å²) in [6.45, 7) is 3.22. The largest absolute Gasteiger partial charge is 0.490 e. The highest BCUT2D eigenvalue weighted by molar-refractivity contribution is 7.99. The van der Waals surface area contributed by atoms with Crippen molar-refractivity contribution in [1.82, 2.24) is 5.32 Å². The van der Waals surface area contributed by atoms with E-state index >= 15 is 0 Å². The first kappa shape index (κ1) is 15.2. The van der Waals surface area contributed by atoms with Gasteiger partial charge in [0.25, 0.3) is 0 Å². The van der Waals surface area contributed by atoms with E-state index in [1.807, 2.05) is 0 Å². The van der Waals surface area contributed by atoms with Crippen LogP contribution in [0.15, 0.2) is 24.3 Å². The fourth-order valence-electron chi connectivity index (χ4n) is 2.96. The average Bonchev–Trinajstić information content (AvgIpc) is 3.16. The third-order valence-electron chi connectivity index (χ3n) is 4.36. The highest BCUT2D eigenvalue weighted by Gasteiger charge is 2.23. The fourth-order valence-corrected chi connectivity index (χ4v) is 4.41. The number of thioether (sulfide) groups is 1. The Bertz CT molecular complexity index is 423. The molecule has 0 saturated heterocycles. The van der Waals surface area contributed by atoms with Crippen LogP contribution in [0.5, 0.6) is 5.75 Å². The van der Waals surface area contributed by atoms with Gasteiger partial charge in [-0.3, -0.25) is 0 Å². The molecule has 3 heteroatoms. The van der Waals surface area contributed by atoms with E-state index in [-0.39, 0.29) is 0 Å². The Morgan fingerprint density at radius 1 is 1.14 bits per heavy atom. The Morgan fingerprint density at radius 3 is 2.48 bits per heavy atom. The normalized spacial score (nSPS) is 20.6. The lowest BCUT2D eigenvalue weighted by Gasteiger charge is -2.20. The van der Waals surface area contributed by atoms with E-state index in [1.165, 1.54) is 49.8 Å². The Balaban J connectivity index is 1.55. The summed E-state index contributed by atoms with van der Waals surface area (Å²) in [4.78, 5) is 0. The van der Waals surface area contributed by atoms with Crippen LogP contribution in [0.3, 0.4) is 0 Å². The van der Waals surface area contributed by atoms with Crippen LogP contribution in [-0.4, -0.2) is 23.7 Å². The molecule has 0 bridgehead atoms. The SMILES string of the molecule is CCNC(CSC1CCCC1)c1ccc(OC2CC2)cc1. The Kier molecular flexibility index (Phi) is 5.48. The number of hydrogen-bond acceptors (Lipinski definition) is 3. The summed E-state index contributed by atoms with van der Waals surface area (Å²) >= 11 is 2.16. The second-order valence-corrected chi connectivity index (χ2v) is 7.57. The average molecular weight is 305 g/mol. The van der Waals surface area contributed by atoms with Crippen LogP contribution in [0, 0.1) is 0 Å². The molecule has 2 aliphatic rings. The molecule has 0 heterocycles. The first-order valence-corrected chi connectivity index (χ1v) is 9.51. The zero-order chi connectivity index (χ0) is 14.5. The molecule has 2 fully saturated rings. The Labute approximate surface area is 133 Å². The van der Waals surface area contributed by atoms with Gasteiger partial charge < -0.3 is 10.1 Å². The van der Waals surface area contributed by atoms with E-state index in [2.05, 4.69) is 48.3 Å². The van der Waals surface area contributed by atoms with Crippen LogP contribution in [0.2, 0.25) is 0 Å². The van der Waals surface area contributed by atoms with Crippen LogP contribution < -0.4 is 10.1 Å². The van der Waals surface area contributed by atoms with Crippen LogP contribution >= 0.6 is 11.8 Å². The summed E-state index contributed by atoms with van der Waals surface area (Å²) in [6.07, 6.45) is 8.61. The predicted molar refractivity (Wildman–Crippen MR) is 91.2 cm³/mol.